The van der Waals surface area contributed by atoms with E-state index < -0.39 is 0 Å². The molecule has 2 aliphatic heterocycles. The second-order valence-electron chi connectivity index (χ2n) is 5.86. The first kappa shape index (κ1) is 13.7. The van der Waals surface area contributed by atoms with Gasteiger partial charge in [0.2, 0.25) is 0 Å². The molecule has 0 aliphatic carbocycles. The zero-order valence-corrected chi connectivity index (χ0v) is 12.0. The van der Waals surface area contributed by atoms with E-state index in [4.69, 9.17) is 15.2 Å². The number of piperidine rings is 1. The minimum atomic E-state index is 0.278. The van der Waals surface area contributed by atoms with Crippen LogP contribution in [0.5, 0.6) is 5.75 Å². The summed E-state index contributed by atoms with van der Waals surface area (Å²) in [6, 6.07) is 8.58. The third-order valence-electron chi connectivity index (χ3n) is 4.16. The Hall–Kier alpha value is -1.26. The summed E-state index contributed by atoms with van der Waals surface area (Å²) in [6.45, 7) is 4.44. The number of hydrogen-bond acceptors (Lipinski definition) is 4. The molecule has 2 saturated heterocycles. The van der Waals surface area contributed by atoms with Crippen molar-refractivity contribution >= 4 is 5.69 Å². The maximum atomic E-state index is 6.09. The van der Waals surface area contributed by atoms with Crippen molar-refractivity contribution in [1.82, 2.24) is 0 Å². The summed E-state index contributed by atoms with van der Waals surface area (Å²) in [5.74, 6) is 1.51. The third kappa shape index (κ3) is 3.25. The Morgan fingerprint density at radius 2 is 2.20 bits per heavy atom. The average molecular weight is 276 g/mol. The van der Waals surface area contributed by atoms with E-state index in [1.54, 1.807) is 0 Å². The van der Waals surface area contributed by atoms with Crippen LogP contribution >= 0.6 is 0 Å². The molecule has 2 atom stereocenters. The van der Waals surface area contributed by atoms with Gasteiger partial charge < -0.3 is 20.1 Å². The van der Waals surface area contributed by atoms with Gasteiger partial charge in [-0.25, -0.2) is 0 Å². The van der Waals surface area contributed by atoms with Gasteiger partial charge in [-0.1, -0.05) is 12.1 Å². The summed E-state index contributed by atoms with van der Waals surface area (Å²) >= 11 is 0. The Morgan fingerprint density at radius 3 is 3.00 bits per heavy atom. The number of anilines is 1. The molecule has 0 aromatic heterocycles. The molecule has 3 rings (SSSR count). The van der Waals surface area contributed by atoms with Crippen molar-refractivity contribution in [1.29, 1.82) is 0 Å². The molecule has 2 aliphatic rings. The van der Waals surface area contributed by atoms with E-state index in [0.29, 0.717) is 5.92 Å². The van der Waals surface area contributed by atoms with Crippen molar-refractivity contribution in [3.63, 3.8) is 0 Å². The van der Waals surface area contributed by atoms with Gasteiger partial charge in [0.1, 0.15) is 5.75 Å². The zero-order chi connectivity index (χ0) is 13.8. The Morgan fingerprint density at radius 1 is 1.30 bits per heavy atom. The molecule has 2 heterocycles. The standard InChI is InChI=1S/C16H24N2O2/c17-14-4-3-8-18(10-14)15-5-1-2-6-16(15)20-12-13-7-9-19-11-13/h1-2,5-6,13-14H,3-4,7-12,17H2. The number of nitrogens with zero attached hydrogens (tertiary/aromatic N) is 1. The van der Waals surface area contributed by atoms with Gasteiger partial charge >= 0.3 is 0 Å². The first-order chi connectivity index (χ1) is 9.83. The van der Waals surface area contributed by atoms with Crippen LogP contribution in [0.15, 0.2) is 24.3 Å². The van der Waals surface area contributed by atoms with Crippen molar-refractivity contribution in [3.05, 3.63) is 24.3 Å². The Kier molecular flexibility index (Phi) is 4.43. The minimum absolute atomic E-state index is 0.278. The van der Waals surface area contributed by atoms with Crippen LogP contribution in [0.25, 0.3) is 0 Å². The lowest BCUT2D eigenvalue weighted by atomic mass is 10.1. The summed E-state index contributed by atoms with van der Waals surface area (Å²) in [5.41, 5.74) is 7.27. The molecule has 1 aromatic carbocycles. The highest BCUT2D eigenvalue weighted by Crippen LogP contribution is 2.30. The predicted molar refractivity (Wildman–Crippen MR) is 80.3 cm³/mol. The van der Waals surface area contributed by atoms with Gasteiger partial charge in [0.25, 0.3) is 0 Å². The third-order valence-corrected chi connectivity index (χ3v) is 4.16. The Labute approximate surface area is 120 Å². The second kappa shape index (κ2) is 6.46. The average Bonchev–Trinajstić information content (AvgIpc) is 2.99. The summed E-state index contributed by atoms with van der Waals surface area (Å²) < 4.78 is 11.4. The number of benzene rings is 1. The number of rotatable bonds is 4. The molecule has 2 unspecified atom stereocenters. The van der Waals surface area contributed by atoms with Gasteiger partial charge in [-0.15, -0.1) is 0 Å². The molecule has 0 radical (unpaired) electrons. The molecule has 2 N–H and O–H groups in total. The van der Waals surface area contributed by atoms with Gasteiger partial charge in [0.15, 0.2) is 0 Å². The summed E-state index contributed by atoms with van der Waals surface area (Å²) in [5, 5.41) is 0. The molecule has 0 saturated carbocycles. The van der Waals surface area contributed by atoms with Crippen LogP contribution < -0.4 is 15.4 Å². The molecule has 1 aromatic rings. The maximum Gasteiger partial charge on any atom is 0.142 e. The topological polar surface area (TPSA) is 47.7 Å². The highest BCUT2D eigenvalue weighted by Gasteiger charge is 2.21. The second-order valence-corrected chi connectivity index (χ2v) is 5.86. The van der Waals surface area contributed by atoms with Crippen LogP contribution in [0.2, 0.25) is 0 Å². The van der Waals surface area contributed by atoms with Gasteiger partial charge in [0.05, 0.1) is 18.9 Å². The highest BCUT2D eigenvalue weighted by atomic mass is 16.5. The normalized spacial score (nSPS) is 26.8. The van der Waals surface area contributed by atoms with Gasteiger partial charge in [-0.2, -0.15) is 0 Å². The SMILES string of the molecule is NC1CCCN(c2ccccc2OCC2CCOC2)C1. The minimum Gasteiger partial charge on any atom is -0.491 e. The van der Waals surface area contributed by atoms with Crippen molar-refractivity contribution in [2.24, 2.45) is 11.7 Å². The van der Waals surface area contributed by atoms with Crippen molar-refractivity contribution in [2.45, 2.75) is 25.3 Å². The van der Waals surface area contributed by atoms with E-state index in [0.717, 1.165) is 57.9 Å². The van der Waals surface area contributed by atoms with Crippen LogP contribution in [0.3, 0.4) is 0 Å². The molecular weight excluding hydrogens is 252 g/mol. The van der Waals surface area contributed by atoms with Crippen molar-refractivity contribution in [3.8, 4) is 5.75 Å². The molecular formula is C16H24N2O2. The molecule has 4 heteroatoms. The number of ether oxygens (including phenoxy) is 2. The number of para-hydroxylation sites is 2. The van der Waals surface area contributed by atoms with Crippen LogP contribution in [0, 0.1) is 5.92 Å². The Bertz CT molecular complexity index is 432. The van der Waals surface area contributed by atoms with E-state index in [2.05, 4.69) is 23.1 Å². The fourth-order valence-corrected chi connectivity index (χ4v) is 2.99. The quantitative estimate of drug-likeness (QED) is 0.914. The number of hydrogen-bond donors (Lipinski definition) is 1. The fraction of sp³-hybridized carbons (Fsp3) is 0.625. The van der Waals surface area contributed by atoms with Crippen LogP contribution in [0.4, 0.5) is 5.69 Å². The van der Waals surface area contributed by atoms with E-state index in [1.807, 2.05) is 6.07 Å². The monoisotopic (exact) mass is 276 g/mol. The lowest BCUT2D eigenvalue weighted by Crippen LogP contribution is -2.43. The van der Waals surface area contributed by atoms with Crippen molar-refractivity contribution < 1.29 is 9.47 Å². The largest absolute Gasteiger partial charge is 0.491 e. The first-order valence-electron chi connectivity index (χ1n) is 7.63. The van der Waals surface area contributed by atoms with E-state index in [1.165, 1.54) is 5.69 Å². The Balaban J connectivity index is 1.67. The predicted octanol–water partition coefficient (Wildman–Crippen LogP) is 2.03. The molecule has 4 nitrogen and oxygen atoms in total. The lowest BCUT2D eigenvalue weighted by Gasteiger charge is -2.33. The molecule has 2 fully saturated rings. The molecule has 20 heavy (non-hydrogen) atoms. The molecule has 0 amide bonds. The van der Waals surface area contributed by atoms with Gasteiger partial charge in [0, 0.05) is 31.7 Å². The maximum absolute atomic E-state index is 6.09. The summed E-state index contributed by atoms with van der Waals surface area (Å²) in [7, 11) is 0. The van der Waals surface area contributed by atoms with Crippen LogP contribution in [-0.2, 0) is 4.74 Å². The van der Waals surface area contributed by atoms with Gasteiger partial charge in [-0.3, -0.25) is 0 Å². The molecule has 0 bridgehead atoms. The number of nitrogens with two attached hydrogens (primary N) is 1. The van der Waals surface area contributed by atoms with Crippen LogP contribution in [0.1, 0.15) is 19.3 Å². The molecule has 0 spiro atoms. The van der Waals surface area contributed by atoms with E-state index in [-0.39, 0.29) is 6.04 Å². The first-order valence-corrected chi connectivity index (χ1v) is 7.63. The summed E-state index contributed by atoms with van der Waals surface area (Å²) in [4.78, 5) is 2.36. The fourth-order valence-electron chi connectivity index (χ4n) is 2.99. The zero-order valence-electron chi connectivity index (χ0n) is 12.0. The van der Waals surface area contributed by atoms with E-state index in [9.17, 15) is 0 Å². The highest BCUT2D eigenvalue weighted by molar-refractivity contribution is 5.58. The smallest absolute Gasteiger partial charge is 0.142 e. The van der Waals surface area contributed by atoms with E-state index >= 15 is 0 Å². The van der Waals surface area contributed by atoms with Crippen LogP contribution in [-0.4, -0.2) is 39.0 Å². The van der Waals surface area contributed by atoms with Gasteiger partial charge in [-0.05, 0) is 31.4 Å². The lowest BCUT2D eigenvalue weighted by molar-refractivity contribution is 0.167. The van der Waals surface area contributed by atoms with Crippen molar-refractivity contribution in [2.75, 3.05) is 37.8 Å². The summed E-state index contributed by atoms with van der Waals surface area (Å²) in [6.07, 6.45) is 3.39. The molecule has 110 valence electrons.